The zero-order chi connectivity index (χ0) is 24.0. The van der Waals surface area contributed by atoms with Gasteiger partial charge in [-0.1, -0.05) is 104 Å². The van der Waals surface area contributed by atoms with Gasteiger partial charge in [-0.05, 0) is 63.4 Å². The summed E-state index contributed by atoms with van der Waals surface area (Å²) in [6.45, 7) is 7.16. The Kier molecular flexibility index (Phi) is 5.16. The van der Waals surface area contributed by atoms with E-state index in [9.17, 15) is 0 Å². The van der Waals surface area contributed by atoms with E-state index in [1.54, 1.807) is 0 Å². The number of nitrogens with zero attached hydrogens (tertiary/aromatic N) is 1. The second-order valence-corrected chi connectivity index (χ2v) is 15.2. The minimum atomic E-state index is -1.27. The van der Waals surface area contributed by atoms with Crippen LogP contribution in [0.5, 0.6) is 0 Å². The Morgan fingerprint density at radius 1 is 0.543 bits per heavy atom. The lowest BCUT2D eigenvalue weighted by atomic mass is 9.97. The maximum absolute atomic E-state index is 5.96. The van der Waals surface area contributed by atoms with Crippen LogP contribution in [0.2, 0.25) is 19.6 Å². The van der Waals surface area contributed by atoms with Crippen molar-refractivity contribution >= 4 is 35.1 Å². The van der Waals surface area contributed by atoms with E-state index in [0.717, 1.165) is 16.7 Å². The molecule has 6 aromatic rings. The van der Waals surface area contributed by atoms with Crippen molar-refractivity contribution in [3.8, 4) is 33.7 Å². The minimum Gasteiger partial charge on any atom is -0.436 e. The Morgan fingerprint density at radius 3 is 1.69 bits per heavy atom. The fourth-order valence-corrected chi connectivity index (χ4v) is 5.74. The van der Waals surface area contributed by atoms with E-state index in [1.165, 1.54) is 38.2 Å². The van der Waals surface area contributed by atoms with Crippen LogP contribution in [0.15, 0.2) is 114 Å². The molecule has 0 aliphatic carbocycles. The molecule has 0 saturated heterocycles. The summed E-state index contributed by atoms with van der Waals surface area (Å²) >= 11 is 0. The molecule has 0 N–H and O–H groups in total. The van der Waals surface area contributed by atoms with Crippen molar-refractivity contribution < 1.29 is 4.42 Å². The number of rotatable bonds is 4. The van der Waals surface area contributed by atoms with Crippen molar-refractivity contribution in [2.75, 3.05) is 0 Å². The smallest absolute Gasteiger partial charge is 0.227 e. The summed E-state index contributed by atoms with van der Waals surface area (Å²) < 4.78 is 5.96. The molecule has 0 radical (unpaired) electrons. The number of hydrogen-bond donors (Lipinski definition) is 0. The molecular weight excluding hydrogens is 442 g/mol. The Labute approximate surface area is 206 Å². The zero-order valence-electron chi connectivity index (χ0n) is 20.2. The third kappa shape index (κ3) is 4.20. The minimum absolute atomic E-state index is 0.658. The molecule has 35 heavy (non-hydrogen) atoms. The first-order valence-electron chi connectivity index (χ1n) is 12.1. The van der Waals surface area contributed by atoms with Crippen LogP contribution in [0.4, 0.5) is 0 Å². The van der Waals surface area contributed by atoms with Crippen molar-refractivity contribution in [3.05, 3.63) is 109 Å². The molecule has 1 heterocycles. The van der Waals surface area contributed by atoms with E-state index in [4.69, 9.17) is 4.42 Å². The molecule has 5 aromatic carbocycles. The average molecular weight is 470 g/mol. The second-order valence-electron chi connectivity index (χ2n) is 10.2. The molecule has 0 fully saturated rings. The normalized spacial score (nSPS) is 11.9. The van der Waals surface area contributed by atoms with E-state index in [1.807, 2.05) is 24.3 Å². The Bertz CT molecular complexity index is 1620. The van der Waals surface area contributed by atoms with Crippen LogP contribution in [0.25, 0.3) is 55.6 Å². The molecule has 0 aliphatic heterocycles. The van der Waals surface area contributed by atoms with E-state index < -0.39 is 8.07 Å². The van der Waals surface area contributed by atoms with Crippen molar-refractivity contribution in [2.24, 2.45) is 0 Å². The maximum atomic E-state index is 5.96. The van der Waals surface area contributed by atoms with E-state index >= 15 is 0 Å². The van der Waals surface area contributed by atoms with Crippen LogP contribution < -0.4 is 5.19 Å². The first kappa shape index (κ1) is 21.6. The Hall–Kier alpha value is -3.95. The van der Waals surface area contributed by atoms with Gasteiger partial charge in [-0.25, -0.2) is 4.98 Å². The summed E-state index contributed by atoms with van der Waals surface area (Å²) in [5.41, 5.74) is 7.64. The molecule has 0 aliphatic rings. The number of hydrogen-bond acceptors (Lipinski definition) is 2. The van der Waals surface area contributed by atoms with Gasteiger partial charge in [0, 0.05) is 5.56 Å². The van der Waals surface area contributed by atoms with E-state index in [2.05, 4.69) is 110 Å². The summed E-state index contributed by atoms with van der Waals surface area (Å²) in [4.78, 5) is 4.64. The predicted molar refractivity (Wildman–Crippen MR) is 151 cm³/mol. The average Bonchev–Trinajstić information content (AvgIpc) is 3.32. The number of oxazole rings is 1. The summed E-state index contributed by atoms with van der Waals surface area (Å²) in [5.74, 6) is 0.658. The molecule has 3 heteroatoms. The number of fused-ring (bicyclic) bond motifs is 2. The van der Waals surface area contributed by atoms with Gasteiger partial charge in [-0.2, -0.15) is 0 Å². The fourth-order valence-electron chi connectivity index (χ4n) is 4.57. The van der Waals surface area contributed by atoms with Crippen molar-refractivity contribution in [2.45, 2.75) is 19.6 Å². The molecule has 0 saturated carbocycles. The maximum Gasteiger partial charge on any atom is 0.227 e. The summed E-state index contributed by atoms with van der Waals surface area (Å²) in [5, 5.41) is 3.87. The van der Waals surface area contributed by atoms with Crippen LogP contribution in [-0.2, 0) is 0 Å². The zero-order valence-corrected chi connectivity index (χ0v) is 21.2. The van der Waals surface area contributed by atoms with Crippen LogP contribution in [-0.4, -0.2) is 13.1 Å². The molecule has 1 aromatic heterocycles. The Morgan fingerprint density at radius 2 is 1.06 bits per heavy atom. The topological polar surface area (TPSA) is 26.0 Å². The lowest BCUT2D eigenvalue weighted by Crippen LogP contribution is -2.37. The molecular formula is C32H27NOSi. The highest BCUT2D eigenvalue weighted by Gasteiger charge is 2.15. The van der Waals surface area contributed by atoms with Gasteiger partial charge in [0.05, 0.1) is 8.07 Å². The third-order valence-corrected chi connectivity index (χ3v) is 8.75. The van der Waals surface area contributed by atoms with E-state index in [0.29, 0.717) is 5.89 Å². The highest BCUT2D eigenvalue weighted by atomic mass is 28.3. The Balaban J connectivity index is 1.27. The summed E-state index contributed by atoms with van der Waals surface area (Å²) in [6.07, 6.45) is 0. The number of benzene rings is 5. The van der Waals surface area contributed by atoms with Crippen molar-refractivity contribution in [1.82, 2.24) is 4.98 Å². The summed E-state index contributed by atoms with van der Waals surface area (Å²) in [7, 11) is -1.27. The van der Waals surface area contributed by atoms with Gasteiger partial charge in [0.2, 0.25) is 5.89 Å². The molecule has 2 nitrogen and oxygen atoms in total. The first-order chi connectivity index (χ1) is 16.9. The highest BCUT2D eigenvalue weighted by Crippen LogP contribution is 2.31. The van der Waals surface area contributed by atoms with Gasteiger partial charge in [0.15, 0.2) is 5.58 Å². The van der Waals surface area contributed by atoms with E-state index in [-0.39, 0.29) is 0 Å². The second kappa shape index (κ2) is 8.37. The quantitative estimate of drug-likeness (QED) is 0.242. The van der Waals surface area contributed by atoms with Crippen LogP contribution in [0, 0.1) is 0 Å². The monoisotopic (exact) mass is 469 g/mol. The van der Waals surface area contributed by atoms with Gasteiger partial charge in [-0.15, -0.1) is 0 Å². The molecule has 0 atom stereocenters. The van der Waals surface area contributed by atoms with Crippen LogP contribution in [0.1, 0.15) is 0 Å². The standard InChI is InChI=1S/C32H27NOSi/c1-35(2,3)29-18-16-23(17-19-29)22-8-10-24(11-9-22)25-12-13-27-21-28(15-14-26(27)20-25)32-33-30-6-4-5-7-31(30)34-32/h4-21H,1-3H3. The van der Waals surface area contributed by atoms with Crippen LogP contribution in [0.3, 0.4) is 0 Å². The van der Waals surface area contributed by atoms with Crippen LogP contribution >= 0.6 is 0 Å². The van der Waals surface area contributed by atoms with Gasteiger partial charge in [-0.3, -0.25) is 0 Å². The van der Waals surface area contributed by atoms with Gasteiger partial charge in [0.1, 0.15) is 5.52 Å². The molecule has 0 spiro atoms. The predicted octanol–water partition coefficient (Wildman–Crippen LogP) is 8.53. The number of aromatic nitrogens is 1. The fraction of sp³-hybridized carbons (Fsp3) is 0.0938. The lowest BCUT2D eigenvalue weighted by molar-refractivity contribution is 0.620. The largest absolute Gasteiger partial charge is 0.436 e. The van der Waals surface area contributed by atoms with Gasteiger partial charge in [0.25, 0.3) is 0 Å². The van der Waals surface area contributed by atoms with Crippen molar-refractivity contribution in [1.29, 1.82) is 0 Å². The van der Waals surface area contributed by atoms with Gasteiger partial charge >= 0.3 is 0 Å². The molecule has 170 valence electrons. The number of para-hydroxylation sites is 2. The molecule has 0 bridgehead atoms. The highest BCUT2D eigenvalue weighted by molar-refractivity contribution is 6.88. The SMILES string of the molecule is C[Si](C)(C)c1ccc(-c2ccc(-c3ccc4cc(-c5nc6ccccc6o5)ccc4c3)cc2)cc1. The molecule has 0 unspecified atom stereocenters. The third-order valence-electron chi connectivity index (χ3n) is 6.68. The first-order valence-corrected chi connectivity index (χ1v) is 15.6. The van der Waals surface area contributed by atoms with Gasteiger partial charge < -0.3 is 4.42 Å². The molecule has 0 amide bonds. The summed E-state index contributed by atoms with van der Waals surface area (Å²) in [6, 6.07) is 38.9. The molecule has 6 rings (SSSR count). The van der Waals surface area contributed by atoms with Crippen molar-refractivity contribution in [3.63, 3.8) is 0 Å². The lowest BCUT2D eigenvalue weighted by Gasteiger charge is -2.16.